The fourth-order valence-electron chi connectivity index (χ4n) is 2.03. The minimum Gasteiger partial charge on any atom is -0.390 e. The van der Waals surface area contributed by atoms with Gasteiger partial charge < -0.3 is 5.11 Å². The molecule has 0 aliphatic heterocycles. The Morgan fingerprint density at radius 1 is 1.40 bits per heavy atom. The molecule has 15 heavy (non-hydrogen) atoms. The number of aliphatic hydroxyl groups is 1. The quantitative estimate of drug-likeness (QED) is 0.837. The van der Waals surface area contributed by atoms with Crippen LogP contribution in [0.1, 0.15) is 27.7 Å². The second-order valence-electron chi connectivity index (χ2n) is 3.79. The largest absolute Gasteiger partial charge is 0.390 e. The number of fused-ring (bicyclic) bond motifs is 1. The van der Waals surface area contributed by atoms with Gasteiger partial charge in [-0.3, -0.25) is 0 Å². The van der Waals surface area contributed by atoms with Gasteiger partial charge in [0.1, 0.15) is 5.01 Å². The van der Waals surface area contributed by atoms with Gasteiger partial charge in [0, 0.05) is 11.3 Å². The van der Waals surface area contributed by atoms with Gasteiger partial charge in [-0.05, 0) is 17.5 Å². The fourth-order valence-corrected chi connectivity index (χ4v) is 2.96. The van der Waals surface area contributed by atoms with Crippen molar-refractivity contribution in [2.24, 2.45) is 0 Å². The van der Waals surface area contributed by atoms with E-state index in [2.05, 4.69) is 29.2 Å². The van der Waals surface area contributed by atoms with E-state index in [0.29, 0.717) is 5.92 Å². The lowest BCUT2D eigenvalue weighted by molar-refractivity contribution is 0.277. The Morgan fingerprint density at radius 2 is 2.27 bits per heavy atom. The van der Waals surface area contributed by atoms with Crippen molar-refractivity contribution >= 4 is 11.3 Å². The number of hydrogen-bond donors (Lipinski definition) is 1. The van der Waals surface area contributed by atoms with Crippen molar-refractivity contribution in [2.45, 2.75) is 18.9 Å². The Kier molecular flexibility index (Phi) is 2.08. The normalized spacial score (nSPS) is 18.3. The molecule has 3 heteroatoms. The summed E-state index contributed by atoms with van der Waals surface area (Å²) in [7, 11) is 0. The molecular formula is C12H11NOS. The third-order valence-corrected chi connectivity index (χ3v) is 3.89. The molecule has 1 aliphatic carbocycles. The predicted octanol–water partition coefficient (Wildman–Crippen LogP) is 2.32. The zero-order valence-electron chi connectivity index (χ0n) is 8.18. The van der Waals surface area contributed by atoms with Gasteiger partial charge in [-0.15, -0.1) is 11.3 Å². The summed E-state index contributed by atoms with van der Waals surface area (Å²) < 4.78 is 0. The van der Waals surface area contributed by atoms with Crippen molar-refractivity contribution < 1.29 is 5.11 Å². The average molecular weight is 217 g/mol. The van der Waals surface area contributed by atoms with E-state index in [1.165, 1.54) is 11.1 Å². The van der Waals surface area contributed by atoms with Crippen LogP contribution in [-0.2, 0) is 13.0 Å². The van der Waals surface area contributed by atoms with Crippen LogP contribution >= 0.6 is 11.3 Å². The van der Waals surface area contributed by atoms with E-state index in [4.69, 9.17) is 5.11 Å². The SMILES string of the molecule is OCc1csc(C2Cc3ccccc32)n1. The van der Waals surface area contributed by atoms with E-state index in [-0.39, 0.29) is 6.61 Å². The molecule has 1 atom stereocenters. The highest BCUT2D eigenvalue weighted by atomic mass is 32.1. The molecular weight excluding hydrogens is 206 g/mol. The number of rotatable bonds is 2. The molecule has 0 saturated heterocycles. The summed E-state index contributed by atoms with van der Waals surface area (Å²) in [6.45, 7) is 0.0465. The number of hydrogen-bond acceptors (Lipinski definition) is 3. The van der Waals surface area contributed by atoms with Crippen LogP contribution in [0.2, 0.25) is 0 Å². The Morgan fingerprint density at radius 3 is 3.00 bits per heavy atom. The van der Waals surface area contributed by atoms with Gasteiger partial charge in [0.25, 0.3) is 0 Å². The first-order chi connectivity index (χ1) is 7.38. The molecule has 1 aliphatic rings. The first-order valence-electron chi connectivity index (χ1n) is 5.01. The average Bonchev–Trinajstić information content (AvgIpc) is 2.68. The monoisotopic (exact) mass is 217 g/mol. The van der Waals surface area contributed by atoms with Crippen molar-refractivity contribution in [1.82, 2.24) is 4.98 Å². The molecule has 3 rings (SSSR count). The van der Waals surface area contributed by atoms with Crippen LogP contribution in [0.5, 0.6) is 0 Å². The van der Waals surface area contributed by atoms with Crippen LogP contribution in [0, 0.1) is 0 Å². The minimum atomic E-state index is 0.0465. The van der Waals surface area contributed by atoms with Gasteiger partial charge in [0.15, 0.2) is 0 Å². The summed E-state index contributed by atoms with van der Waals surface area (Å²) in [5.41, 5.74) is 3.62. The molecule has 0 bridgehead atoms. The van der Waals surface area contributed by atoms with Crippen molar-refractivity contribution in [3.05, 3.63) is 51.5 Å². The van der Waals surface area contributed by atoms with Gasteiger partial charge in [-0.25, -0.2) is 4.98 Å². The van der Waals surface area contributed by atoms with Gasteiger partial charge in [0.2, 0.25) is 0 Å². The second kappa shape index (κ2) is 3.43. The van der Waals surface area contributed by atoms with Gasteiger partial charge in [-0.1, -0.05) is 24.3 Å². The lowest BCUT2D eigenvalue weighted by Crippen LogP contribution is -2.17. The molecule has 0 amide bonds. The van der Waals surface area contributed by atoms with Gasteiger partial charge in [-0.2, -0.15) is 0 Å². The van der Waals surface area contributed by atoms with E-state index < -0.39 is 0 Å². The number of thiazole rings is 1. The standard InChI is InChI=1S/C12H11NOS/c14-6-9-7-15-12(13-9)11-5-8-3-1-2-4-10(8)11/h1-4,7,11,14H,5-6H2. The Labute approximate surface area is 92.2 Å². The van der Waals surface area contributed by atoms with Gasteiger partial charge >= 0.3 is 0 Å². The Balaban J connectivity index is 1.93. The Hall–Kier alpha value is -1.19. The maximum atomic E-state index is 8.96. The van der Waals surface area contributed by atoms with Crippen LogP contribution in [-0.4, -0.2) is 10.1 Å². The predicted molar refractivity (Wildman–Crippen MR) is 60.0 cm³/mol. The van der Waals surface area contributed by atoms with Gasteiger partial charge in [0.05, 0.1) is 12.3 Å². The lowest BCUT2D eigenvalue weighted by atomic mass is 9.78. The summed E-state index contributed by atoms with van der Waals surface area (Å²) in [6, 6.07) is 8.50. The molecule has 0 radical (unpaired) electrons. The van der Waals surface area contributed by atoms with Crippen LogP contribution in [0.25, 0.3) is 0 Å². The molecule has 76 valence electrons. The number of aromatic nitrogens is 1. The zero-order chi connectivity index (χ0) is 10.3. The maximum Gasteiger partial charge on any atom is 0.101 e. The van der Waals surface area contributed by atoms with E-state index in [9.17, 15) is 0 Å². The molecule has 2 nitrogen and oxygen atoms in total. The number of benzene rings is 1. The highest BCUT2D eigenvalue weighted by molar-refractivity contribution is 7.09. The fraction of sp³-hybridized carbons (Fsp3) is 0.250. The first-order valence-corrected chi connectivity index (χ1v) is 5.89. The summed E-state index contributed by atoms with van der Waals surface area (Å²) in [5, 5.41) is 12.0. The highest BCUT2D eigenvalue weighted by Crippen LogP contribution is 2.40. The number of aliphatic hydroxyl groups excluding tert-OH is 1. The van der Waals surface area contributed by atoms with E-state index >= 15 is 0 Å². The Bertz CT molecular complexity index is 492. The molecule has 1 aromatic carbocycles. The first kappa shape index (κ1) is 9.07. The third kappa shape index (κ3) is 1.39. The van der Waals surface area contributed by atoms with E-state index in [1.807, 2.05) is 5.38 Å². The highest BCUT2D eigenvalue weighted by Gasteiger charge is 2.29. The molecule has 1 N–H and O–H groups in total. The summed E-state index contributed by atoms with van der Waals surface area (Å²) >= 11 is 1.65. The third-order valence-electron chi connectivity index (χ3n) is 2.88. The minimum absolute atomic E-state index is 0.0465. The lowest BCUT2D eigenvalue weighted by Gasteiger charge is -2.28. The second-order valence-corrected chi connectivity index (χ2v) is 4.68. The molecule has 1 unspecified atom stereocenters. The smallest absolute Gasteiger partial charge is 0.101 e. The van der Waals surface area contributed by atoms with Crippen molar-refractivity contribution in [2.75, 3.05) is 0 Å². The molecule has 0 fully saturated rings. The molecule has 1 aromatic heterocycles. The topological polar surface area (TPSA) is 33.1 Å². The molecule has 0 spiro atoms. The molecule has 1 heterocycles. The molecule has 0 saturated carbocycles. The maximum absolute atomic E-state index is 8.96. The van der Waals surface area contributed by atoms with Crippen LogP contribution in [0.3, 0.4) is 0 Å². The summed E-state index contributed by atoms with van der Waals surface area (Å²) in [5.74, 6) is 0.464. The summed E-state index contributed by atoms with van der Waals surface area (Å²) in [6.07, 6.45) is 1.09. The van der Waals surface area contributed by atoms with Crippen LogP contribution in [0.15, 0.2) is 29.6 Å². The summed E-state index contributed by atoms with van der Waals surface area (Å²) in [4.78, 5) is 4.42. The number of nitrogens with zero attached hydrogens (tertiary/aromatic N) is 1. The van der Waals surface area contributed by atoms with Crippen molar-refractivity contribution in [1.29, 1.82) is 0 Å². The van der Waals surface area contributed by atoms with E-state index in [0.717, 1.165) is 17.1 Å². The van der Waals surface area contributed by atoms with Crippen LogP contribution in [0.4, 0.5) is 0 Å². The van der Waals surface area contributed by atoms with E-state index in [1.54, 1.807) is 11.3 Å². The molecule has 2 aromatic rings. The zero-order valence-corrected chi connectivity index (χ0v) is 9.00. The van der Waals surface area contributed by atoms with Crippen molar-refractivity contribution in [3.63, 3.8) is 0 Å². The van der Waals surface area contributed by atoms with Crippen molar-refractivity contribution in [3.8, 4) is 0 Å². The van der Waals surface area contributed by atoms with Crippen LogP contribution < -0.4 is 0 Å².